The van der Waals surface area contributed by atoms with Gasteiger partial charge in [0.1, 0.15) is 6.54 Å². The summed E-state index contributed by atoms with van der Waals surface area (Å²) in [6, 6.07) is 4.69. The number of esters is 1. The van der Waals surface area contributed by atoms with E-state index >= 15 is 0 Å². The summed E-state index contributed by atoms with van der Waals surface area (Å²) in [6.07, 6.45) is 0.734. The van der Waals surface area contributed by atoms with E-state index in [1.54, 1.807) is 19.1 Å². The summed E-state index contributed by atoms with van der Waals surface area (Å²) < 4.78 is 4.87. The second kappa shape index (κ2) is 7.75. The van der Waals surface area contributed by atoms with Crippen molar-refractivity contribution in [3.05, 3.63) is 28.8 Å². The molecule has 0 aliphatic carbocycles. The largest absolute Gasteiger partial charge is 0.465 e. The van der Waals surface area contributed by atoms with Gasteiger partial charge in [0.25, 0.3) is 5.91 Å². The molecule has 0 bridgehead atoms. The van der Waals surface area contributed by atoms with Crippen molar-refractivity contribution < 1.29 is 14.3 Å². The van der Waals surface area contributed by atoms with Gasteiger partial charge in [0.05, 0.1) is 17.2 Å². The van der Waals surface area contributed by atoms with Crippen LogP contribution < -0.4 is 5.73 Å². The van der Waals surface area contributed by atoms with Crippen molar-refractivity contribution >= 4 is 29.2 Å². The van der Waals surface area contributed by atoms with Gasteiger partial charge >= 0.3 is 5.97 Å². The van der Waals surface area contributed by atoms with Gasteiger partial charge in [-0.1, -0.05) is 18.5 Å². The Morgan fingerprint density at radius 1 is 1.35 bits per heavy atom. The van der Waals surface area contributed by atoms with Gasteiger partial charge in [-0.3, -0.25) is 9.59 Å². The second-order valence-corrected chi connectivity index (χ2v) is 4.68. The molecule has 0 saturated carbocycles. The standard InChI is InChI=1S/C14H19ClN2O3/c1-3-7-17(9-13(18)20-4-2)14(19)11-6-5-10(16)8-12(11)15/h5-6,8H,3-4,7,9,16H2,1-2H3. The van der Waals surface area contributed by atoms with Crippen LogP contribution in [0.2, 0.25) is 5.02 Å². The lowest BCUT2D eigenvalue weighted by molar-refractivity contribution is -0.143. The van der Waals surface area contributed by atoms with E-state index in [1.165, 1.54) is 11.0 Å². The number of nitrogen functional groups attached to an aromatic ring is 1. The molecule has 110 valence electrons. The van der Waals surface area contributed by atoms with Crippen LogP contribution in [0.5, 0.6) is 0 Å². The first-order chi connectivity index (χ1) is 9.49. The Balaban J connectivity index is 2.90. The van der Waals surface area contributed by atoms with Crippen molar-refractivity contribution in [2.45, 2.75) is 20.3 Å². The molecular formula is C14H19ClN2O3. The Labute approximate surface area is 123 Å². The zero-order chi connectivity index (χ0) is 15.1. The molecule has 0 unspecified atom stereocenters. The average Bonchev–Trinajstić information content (AvgIpc) is 2.38. The molecule has 2 N–H and O–H groups in total. The Morgan fingerprint density at radius 2 is 2.05 bits per heavy atom. The Kier molecular flexibility index (Phi) is 6.31. The number of amides is 1. The molecular weight excluding hydrogens is 280 g/mol. The van der Waals surface area contributed by atoms with E-state index in [9.17, 15) is 9.59 Å². The highest BCUT2D eigenvalue weighted by Gasteiger charge is 2.20. The van der Waals surface area contributed by atoms with E-state index in [-0.39, 0.29) is 24.1 Å². The van der Waals surface area contributed by atoms with Gasteiger partial charge in [-0.05, 0) is 31.5 Å². The molecule has 0 aliphatic heterocycles. The SMILES string of the molecule is CCCN(CC(=O)OCC)C(=O)c1ccc(N)cc1Cl. The van der Waals surface area contributed by atoms with Crippen molar-refractivity contribution in [2.24, 2.45) is 0 Å². The summed E-state index contributed by atoms with van der Waals surface area (Å²) in [6.45, 7) is 4.31. The van der Waals surface area contributed by atoms with Gasteiger partial charge in [0.15, 0.2) is 0 Å². The van der Waals surface area contributed by atoms with E-state index < -0.39 is 5.97 Å². The highest BCUT2D eigenvalue weighted by molar-refractivity contribution is 6.34. The number of benzene rings is 1. The number of nitrogens with zero attached hydrogens (tertiary/aromatic N) is 1. The zero-order valence-electron chi connectivity index (χ0n) is 11.7. The summed E-state index contributed by atoms with van der Waals surface area (Å²) in [4.78, 5) is 25.4. The fraction of sp³-hybridized carbons (Fsp3) is 0.429. The molecule has 0 spiro atoms. The minimum atomic E-state index is -0.430. The Hall–Kier alpha value is -1.75. The number of hydrogen-bond donors (Lipinski definition) is 1. The van der Waals surface area contributed by atoms with Crippen LogP contribution in [0.4, 0.5) is 5.69 Å². The van der Waals surface area contributed by atoms with Crippen LogP contribution >= 0.6 is 11.6 Å². The maximum Gasteiger partial charge on any atom is 0.325 e. The Bertz CT molecular complexity index is 491. The number of anilines is 1. The molecule has 1 aromatic rings. The number of ether oxygens (including phenoxy) is 1. The third kappa shape index (κ3) is 4.42. The van der Waals surface area contributed by atoms with Crippen LogP contribution in [0.15, 0.2) is 18.2 Å². The lowest BCUT2D eigenvalue weighted by Gasteiger charge is -2.21. The first kappa shape index (κ1) is 16.3. The Morgan fingerprint density at radius 3 is 2.60 bits per heavy atom. The molecule has 0 atom stereocenters. The molecule has 1 aromatic carbocycles. The lowest BCUT2D eigenvalue weighted by atomic mass is 10.1. The van der Waals surface area contributed by atoms with Crippen LogP contribution in [-0.2, 0) is 9.53 Å². The first-order valence-corrected chi connectivity index (χ1v) is 6.87. The van der Waals surface area contributed by atoms with E-state index in [0.717, 1.165) is 6.42 Å². The molecule has 0 aromatic heterocycles. The fourth-order valence-electron chi connectivity index (χ4n) is 1.76. The van der Waals surface area contributed by atoms with Crippen molar-refractivity contribution in [3.63, 3.8) is 0 Å². The van der Waals surface area contributed by atoms with Crippen molar-refractivity contribution in [1.29, 1.82) is 0 Å². The highest BCUT2D eigenvalue weighted by Crippen LogP contribution is 2.21. The summed E-state index contributed by atoms with van der Waals surface area (Å²) in [5, 5.41) is 0.278. The van der Waals surface area contributed by atoms with Crippen LogP contribution in [-0.4, -0.2) is 36.5 Å². The quantitative estimate of drug-likeness (QED) is 0.646. The third-order valence-corrected chi connectivity index (χ3v) is 2.94. The van der Waals surface area contributed by atoms with E-state index in [2.05, 4.69) is 0 Å². The number of rotatable bonds is 6. The molecule has 6 heteroatoms. The van der Waals surface area contributed by atoms with Crippen LogP contribution in [0.1, 0.15) is 30.6 Å². The van der Waals surface area contributed by atoms with Crippen LogP contribution in [0.25, 0.3) is 0 Å². The summed E-state index contributed by atoms with van der Waals surface area (Å²) in [7, 11) is 0. The molecule has 0 saturated heterocycles. The van der Waals surface area contributed by atoms with E-state index in [0.29, 0.717) is 17.8 Å². The monoisotopic (exact) mass is 298 g/mol. The maximum absolute atomic E-state index is 12.4. The van der Waals surface area contributed by atoms with E-state index in [1.807, 2.05) is 6.92 Å². The second-order valence-electron chi connectivity index (χ2n) is 4.27. The zero-order valence-corrected chi connectivity index (χ0v) is 12.4. The van der Waals surface area contributed by atoms with E-state index in [4.69, 9.17) is 22.1 Å². The topological polar surface area (TPSA) is 72.6 Å². The predicted octanol–water partition coefficient (Wildman–Crippen LogP) is 2.34. The number of nitrogens with two attached hydrogens (primary N) is 1. The smallest absolute Gasteiger partial charge is 0.325 e. The normalized spacial score (nSPS) is 10.2. The number of carbonyl (C=O) groups is 2. The van der Waals surface area contributed by atoms with Crippen LogP contribution in [0.3, 0.4) is 0 Å². The lowest BCUT2D eigenvalue weighted by Crippen LogP contribution is -2.37. The molecule has 1 rings (SSSR count). The summed E-state index contributed by atoms with van der Waals surface area (Å²) in [5.41, 5.74) is 6.42. The van der Waals surface area contributed by atoms with Crippen molar-refractivity contribution in [2.75, 3.05) is 25.4 Å². The van der Waals surface area contributed by atoms with Gasteiger partial charge in [0.2, 0.25) is 0 Å². The summed E-state index contributed by atoms with van der Waals surface area (Å²) >= 11 is 6.02. The molecule has 0 fully saturated rings. The molecule has 0 aliphatic rings. The van der Waals surface area contributed by atoms with Gasteiger partial charge in [-0.2, -0.15) is 0 Å². The van der Waals surface area contributed by atoms with Gasteiger partial charge in [-0.25, -0.2) is 0 Å². The van der Waals surface area contributed by atoms with Gasteiger partial charge in [0, 0.05) is 12.2 Å². The fourth-order valence-corrected chi connectivity index (χ4v) is 2.03. The van der Waals surface area contributed by atoms with Crippen molar-refractivity contribution in [3.8, 4) is 0 Å². The van der Waals surface area contributed by atoms with Crippen LogP contribution in [0, 0.1) is 0 Å². The number of carbonyl (C=O) groups excluding carboxylic acids is 2. The minimum absolute atomic E-state index is 0.0821. The molecule has 0 radical (unpaired) electrons. The number of hydrogen-bond acceptors (Lipinski definition) is 4. The van der Waals surface area contributed by atoms with Gasteiger partial charge < -0.3 is 15.4 Å². The third-order valence-electron chi connectivity index (χ3n) is 2.63. The summed E-state index contributed by atoms with van der Waals surface area (Å²) in [5.74, 6) is -0.731. The first-order valence-electron chi connectivity index (χ1n) is 6.49. The van der Waals surface area contributed by atoms with Gasteiger partial charge in [-0.15, -0.1) is 0 Å². The average molecular weight is 299 g/mol. The molecule has 5 nitrogen and oxygen atoms in total. The number of halogens is 1. The molecule has 20 heavy (non-hydrogen) atoms. The molecule has 0 heterocycles. The van der Waals surface area contributed by atoms with Crippen molar-refractivity contribution in [1.82, 2.24) is 4.90 Å². The predicted molar refractivity (Wildman–Crippen MR) is 78.7 cm³/mol. The highest BCUT2D eigenvalue weighted by atomic mass is 35.5. The minimum Gasteiger partial charge on any atom is -0.465 e. The maximum atomic E-state index is 12.4. The molecule has 1 amide bonds.